The summed E-state index contributed by atoms with van der Waals surface area (Å²) in [6.45, 7) is 4.15. The number of benzene rings is 1. The van der Waals surface area contributed by atoms with E-state index in [1.165, 1.54) is 11.1 Å². The van der Waals surface area contributed by atoms with Crippen LogP contribution < -0.4 is 0 Å². The quantitative estimate of drug-likeness (QED) is 0.680. The summed E-state index contributed by atoms with van der Waals surface area (Å²) in [4.78, 5) is 7.18. The van der Waals surface area contributed by atoms with Gasteiger partial charge in [-0.2, -0.15) is 5.10 Å². The number of rotatable bonds is 1. The van der Waals surface area contributed by atoms with E-state index in [1.807, 2.05) is 10.7 Å². The number of nitrogens with one attached hydrogen (secondary N) is 1. The van der Waals surface area contributed by atoms with Crippen LogP contribution in [-0.4, -0.2) is 19.7 Å². The standard InChI is InChI=1S/C13H12N4S/c1-8-4-3-5-9(2)11(8)17-12-10(6-16-17)13(18)15-7-14-12/h3-7H,1-2H3,(H,14,15,18). The second-order valence-corrected chi connectivity index (χ2v) is 4.65. The normalized spacial score (nSPS) is 11.0. The third kappa shape index (κ3) is 1.55. The molecule has 0 unspecified atom stereocenters. The maximum absolute atomic E-state index is 5.20. The zero-order valence-electron chi connectivity index (χ0n) is 10.1. The Bertz CT molecular complexity index is 765. The number of fused-ring (bicyclic) bond motifs is 1. The van der Waals surface area contributed by atoms with Crippen molar-refractivity contribution in [1.29, 1.82) is 0 Å². The third-order valence-electron chi connectivity index (χ3n) is 3.03. The molecule has 90 valence electrons. The molecule has 2 aromatic heterocycles. The summed E-state index contributed by atoms with van der Waals surface area (Å²) in [5, 5.41) is 5.30. The summed E-state index contributed by atoms with van der Waals surface area (Å²) < 4.78 is 2.46. The van der Waals surface area contributed by atoms with Crippen molar-refractivity contribution in [3.05, 3.63) is 46.5 Å². The molecular weight excluding hydrogens is 244 g/mol. The first-order valence-corrected chi connectivity index (χ1v) is 6.07. The van der Waals surface area contributed by atoms with Crippen LogP contribution in [0.1, 0.15) is 11.1 Å². The summed E-state index contributed by atoms with van der Waals surface area (Å²) in [5.74, 6) is 0. The maximum atomic E-state index is 5.20. The van der Waals surface area contributed by atoms with Gasteiger partial charge in [-0.15, -0.1) is 0 Å². The van der Waals surface area contributed by atoms with E-state index >= 15 is 0 Å². The Kier molecular flexibility index (Phi) is 2.48. The second-order valence-electron chi connectivity index (χ2n) is 4.27. The Labute approximate surface area is 109 Å². The van der Waals surface area contributed by atoms with Crippen LogP contribution in [0, 0.1) is 18.5 Å². The molecule has 4 nitrogen and oxygen atoms in total. The summed E-state index contributed by atoms with van der Waals surface area (Å²) >= 11 is 5.20. The SMILES string of the molecule is Cc1cccc(C)c1-n1ncc2c(=S)nc[nH]c21. The Hall–Kier alpha value is -2.01. The van der Waals surface area contributed by atoms with Gasteiger partial charge in [-0.3, -0.25) is 0 Å². The van der Waals surface area contributed by atoms with Gasteiger partial charge in [0.1, 0.15) is 10.3 Å². The van der Waals surface area contributed by atoms with Crippen LogP contribution in [0.3, 0.4) is 0 Å². The van der Waals surface area contributed by atoms with Crippen LogP contribution in [0.2, 0.25) is 0 Å². The van der Waals surface area contributed by atoms with E-state index in [0.717, 1.165) is 16.7 Å². The molecule has 5 heteroatoms. The molecule has 3 aromatic rings. The number of nitrogens with zero attached hydrogens (tertiary/aromatic N) is 3. The van der Waals surface area contributed by atoms with Crippen molar-refractivity contribution in [2.75, 3.05) is 0 Å². The van der Waals surface area contributed by atoms with Crippen LogP contribution in [-0.2, 0) is 0 Å². The number of hydrogen-bond acceptors (Lipinski definition) is 3. The predicted octanol–water partition coefficient (Wildman–Crippen LogP) is 3.09. The number of hydrogen-bond donors (Lipinski definition) is 1. The smallest absolute Gasteiger partial charge is 0.145 e. The number of aryl methyl sites for hydroxylation is 2. The van der Waals surface area contributed by atoms with Crippen molar-refractivity contribution in [1.82, 2.24) is 19.7 Å². The Morgan fingerprint density at radius 1 is 1.22 bits per heavy atom. The van der Waals surface area contributed by atoms with Gasteiger partial charge in [0.15, 0.2) is 0 Å². The van der Waals surface area contributed by atoms with E-state index in [4.69, 9.17) is 12.2 Å². The molecule has 18 heavy (non-hydrogen) atoms. The van der Waals surface area contributed by atoms with E-state index in [9.17, 15) is 0 Å². The van der Waals surface area contributed by atoms with E-state index in [1.54, 1.807) is 12.5 Å². The molecular formula is C13H12N4S. The van der Waals surface area contributed by atoms with Crippen LogP contribution >= 0.6 is 12.2 Å². The number of para-hydroxylation sites is 1. The highest BCUT2D eigenvalue weighted by Crippen LogP contribution is 2.22. The minimum absolute atomic E-state index is 0.571. The first kappa shape index (κ1) is 11.1. The first-order chi connectivity index (χ1) is 8.68. The average Bonchev–Trinajstić information content (AvgIpc) is 2.75. The van der Waals surface area contributed by atoms with Gasteiger partial charge in [0.2, 0.25) is 0 Å². The number of H-pyrrole nitrogens is 1. The molecule has 0 aliphatic rings. The molecule has 1 N–H and O–H groups in total. The lowest BCUT2D eigenvalue weighted by molar-refractivity contribution is 0.879. The van der Waals surface area contributed by atoms with Gasteiger partial charge < -0.3 is 4.98 Å². The Morgan fingerprint density at radius 3 is 2.67 bits per heavy atom. The van der Waals surface area contributed by atoms with Crippen LogP contribution in [0.25, 0.3) is 16.7 Å². The molecule has 0 aliphatic carbocycles. The number of aromatic amines is 1. The lowest BCUT2D eigenvalue weighted by Gasteiger charge is -2.10. The van der Waals surface area contributed by atoms with E-state index in [-0.39, 0.29) is 0 Å². The molecule has 0 saturated heterocycles. The summed E-state index contributed by atoms with van der Waals surface area (Å²) in [7, 11) is 0. The molecule has 0 spiro atoms. The molecule has 3 rings (SSSR count). The average molecular weight is 256 g/mol. The van der Waals surface area contributed by atoms with Crippen molar-refractivity contribution >= 4 is 23.3 Å². The highest BCUT2D eigenvalue weighted by atomic mass is 32.1. The predicted molar refractivity (Wildman–Crippen MR) is 73.5 cm³/mol. The van der Waals surface area contributed by atoms with Gasteiger partial charge in [0.05, 0.1) is 23.6 Å². The largest absolute Gasteiger partial charge is 0.330 e. The molecule has 0 radical (unpaired) electrons. The molecule has 0 amide bonds. The Morgan fingerprint density at radius 2 is 1.94 bits per heavy atom. The second kappa shape index (κ2) is 4.03. The van der Waals surface area contributed by atoms with Gasteiger partial charge in [-0.05, 0) is 25.0 Å². The van der Waals surface area contributed by atoms with Gasteiger partial charge in [0.25, 0.3) is 0 Å². The zero-order valence-corrected chi connectivity index (χ0v) is 11.0. The van der Waals surface area contributed by atoms with Crippen LogP contribution in [0.5, 0.6) is 0 Å². The summed E-state index contributed by atoms with van der Waals surface area (Å²) in [6.07, 6.45) is 3.36. The third-order valence-corrected chi connectivity index (χ3v) is 3.36. The highest BCUT2D eigenvalue weighted by Gasteiger charge is 2.10. The lowest BCUT2D eigenvalue weighted by Crippen LogP contribution is -2.02. The van der Waals surface area contributed by atoms with E-state index in [2.05, 4.69) is 41.0 Å². The monoisotopic (exact) mass is 256 g/mol. The maximum Gasteiger partial charge on any atom is 0.145 e. The molecule has 2 heterocycles. The van der Waals surface area contributed by atoms with E-state index < -0.39 is 0 Å². The molecule has 0 aliphatic heterocycles. The zero-order chi connectivity index (χ0) is 12.7. The molecule has 0 atom stereocenters. The number of aromatic nitrogens is 4. The van der Waals surface area contributed by atoms with Crippen molar-refractivity contribution in [3.8, 4) is 5.69 Å². The fraction of sp³-hybridized carbons (Fsp3) is 0.154. The van der Waals surface area contributed by atoms with Gasteiger partial charge in [-0.1, -0.05) is 30.4 Å². The summed E-state index contributed by atoms with van der Waals surface area (Å²) in [6, 6.07) is 6.20. The highest BCUT2D eigenvalue weighted by molar-refractivity contribution is 7.71. The Balaban J connectivity index is 2.40. The van der Waals surface area contributed by atoms with E-state index in [0.29, 0.717) is 4.64 Å². The molecule has 1 aromatic carbocycles. The molecule has 0 fully saturated rings. The fourth-order valence-corrected chi connectivity index (χ4v) is 2.38. The fourth-order valence-electron chi connectivity index (χ4n) is 2.17. The van der Waals surface area contributed by atoms with Gasteiger partial charge in [-0.25, -0.2) is 9.67 Å². The molecule has 0 bridgehead atoms. The van der Waals surface area contributed by atoms with Crippen LogP contribution in [0.4, 0.5) is 0 Å². The first-order valence-electron chi connectivity index (χ1n) is 5.66. The topological polar surface area (TPSA) is 46.5 Å². The lowest BCUT2D eigenvalue weighted by atomic mass is 10.1. The van der Waals surface area contributed by atoms with Gasteiger partial charge in [0, 0.05) is 0 Å². The van der Waals surface area contributed by atoms with Crippen molar-refractivity contribution in [2.24, 2.45) is 0 Å². The van der Waals surface area contributed by atoms with Crippen LogP contribution in [0.15, 0.2) is 30.7 Å². The van der Waals surface area contributed by atoms with Gasteiger partial charge >= 0.3 is 0 Å². The minimum atomic E-state index is 0.571. The van der Waals surface area contributed by atoms with Crippen molar-refractivity contribution in [2.45, 2.75) is 13.8 Å². The van der Waals surface area contributed by atoms with Crippen molar-refractivity contribution in [3.63, 3.8) is 0 Å². The molecule has 0 saturated carbocycles. The van der Waals surface area contributed by atoms with Crippen molar-refractivity contribution < 1.29 is 0 Å². The minimum Gasteiger partial charge on any atom is -0.330 e. The summed E-state index contributed by atoms with van der Waals surface area (Å²) in [5.41, 5.74) is 4.32.